The van der Waals surface area contributed by atoms with Crippen LogP contribution < -0.4 is 15.6 Å². The highest BCUT2D eigenvalue weighted by atomic mass is 32.2. The fourth-order valence-corrected chi connectivity index (χ4v) is 7.38. The number of oxime groups is 1. The number of anilines is 1. The van der Waals surface area contributed by atoms with Crippen LogP contribution in [0.1, 0.15) is 31.5 Å². The van der Waals surface area contributed by atoms with Crippen molar-refractivity contribution in [2.45, 2.75) is 49.2 Å². The zero-order valence-electron chi connectivity index (χ0n) is 21.8. The minimum absolute atomic E-state index is 0.124. The summed E-state index contributed by atoms with van der Waals surface area (Å²) in [6.45, 7) is 0.273. The number of hydrogen-bond acceptors (Lipinski definition) is 12. The number of nitrogens with one attached hydrogen (secondary N) is 1. The van der Waals surface area contributed by atoms with Gasteiger partial charge in [-0.3, -0.25) is 14.5 Å². The van der Waals surface area contributed by atoms with Gasteiger partial charge in [0.15, 0.2) is 18.9 Å². The summed E-state index contributed by atoms with van der Waals surface area (Å²) >= 11 is 2.88. The summed E-state index contributed by atoms with van der Waals surface area (Å²) in [5.74, 6) is -4.10. The van der Waals surface area contributed by atoms with E-state index in [1.54, 1.807) is 11.3 Å². The maximum atomic E-state index is 13.3. The number of aliphatic carboxylic acids is 2. The molecular weight excluding hydrogens is 590 g/mol. The lowest BCUT2D eigenvalue weighted by Crippen LogP contribution is -2.71. The monoisotopic (exact) mass is 614 g/mol. The minimum atomic E-state index is -1.62. The van der Waals surface area contributed by atoms with Crippen LogP contribution in [0.4, 0.5) is 6.01 Å². The van der Waals surface area contributed by atoms with E-state index in [9.17, 15) is 29.4 Å². The number of carbonyl (C=O) groups excluding carboxylic acids is 2. The van der Waals surface area contributed by atoms with E-state index in [1.165, 1.54) is 16.7 Å². The third-order valence-electron chi connectivity index (χ3n) is 7.35. The number of hydrogen-bond donors (Lipinski definition) is 4. The molecule has 3 aliphatic rings. The van der Waals surface area contributed by atoms with Crippen molar-refractivity contribution in [2.75, 3.05) is 11.5 Å². The number of aromatic nitrogens is 3. The first-order valence-corrected chi connectivity index (χ1v) is 14.8. The maximum absolute atomic E-state index is 13.3. The van der Waals surface area contributed by atoms with Crippen molar-refractivity contribution < 1.29 is 43.3 Å². The molecule has 218 valence electrons. The van der Waals surface area contributed by atoms with Gasteiger partial charge in [0.1, 0.15) is 17.1 Å². The first-order valence-electron chi connectivity index (χ1n) is 12.8. The summed E-state index contributed by atoms with van der Waals surface area (Å²) in [4.78, 5) is 61.1. The van der Waals surface area contributed by atoms with Crippen LogP contribution in [0.5, 0.6) is 0 Å². The number of β-lactam (4-membered cyclic amide) rings is 1. The molecule has 0 radical (unpaired) electrons. The molecule has 5 N–H and O–H groups in total. The number of carboxylic acids is 2. The van der Waals surface area contributed by atoms with Crippen LogP contribution in [0, 0.1) is 0 Å². The van der Waals surface area contributed by atoms with Crippen LogP contribution in [0.25, 0.3) is 10.1 Å². The van der Waals surface area contributed by atoms with Gasteiger partial charge in [0.05, 0.1) is 4.70 Å². The number of carbonyl (C=O) groups is 4. The summed E-state index contributed by atoms with van der Waals surface area (Å²) in [5.41, 5.74) is 3.78. The summed E-state index contributed by atoms with van der Waals surface area (Å²) in [6, 6.07) is 2.47. The SMILES string of the molecule is Nc1nc(C(=NOC2(C(=O)O)CCCC2)C(=O)NC2C(=O)N3C(C(=O)O)=C(C[n+]4ccc5ccsc5c4)CS[C@@H]23)no1. The molecule has 0 bridgehead atoms. The molecule has 6 rings (SSSR count). The van der Waals surface area contributed by atoms with Crippen LogP contribution in [0.2, 0.25) is 0 Å². The Bertz CT molecular complexity index is 1680. The molecule has 0 aromatic carbocycles. The minimum Gasteiger partial charge on any atom is -0.478 e. The molecule has 2 amide bonds. The molecule has 2 atom stereocenters. The van der Waals surface area contributed by atoms with Crippen LogP contribution in [0.15, 0.2) is 50.9 Å². The second-order valence-electron chi connectivity index (χ2n) is 9.97. The van der Waals surface area contributed by atoms with Gasteiger partial charge >= 0.3 is 18.0 Å². The number of nitrogen functional groups attached to an aromatic ring is 1. The molecule has 42 heavy (non-hydrogen) atoms. The number of carboxylic acid groups (broad SMARTS) is 2. The van der Waals surface area contributed by atoms with Crippen LogP contribution in [-0.2, 0) is 30.6 Å². The lowest BCUT2D eigenvalue weighted by molar-refractivity contribution is -0.687. The number of nitrogens with zero attached hydrogens (tertiary/aromatic N) is 5. The predicted octanol–water partition coefficient (Wildman–Crippen LogP) is 0.711. The molecule has 1 saturated heterocycles. The number of amides is 2. The molecule has 0 spiro atoms. The predicted molar refractivity (Wildman–Crippen MR) is 147 cm³/mol. The van der Waals surface area contributed by atoms with Crippen molar-refractivity contribution in [3.63, 3.8) is 0 Å². The van der Waals surface area contributed by atoms with E-state index in [1.807, 2.05) is 34.5 Å². The third kappa shape index (κ3) is 4.83. The molecule has 3 aromatic heterocycles. The Labute approximate surface area is 245 Å². The van der Waals surface area contributed by atoms with E-state index in [4.69, 9.17) is 15.1 Å². The van der Waals surface area contributed by atoms with Crippen molar-refractivity contribution in [3.8, 4) is 0 Å². The molecule has 1 unspecified atom stereocenters. The number of pyridine rings is 1. The van der Waals surface area contributed by atoms with Gasteiger partial charge in [-0.1, -0.05) is 10.3 Å². The summed E-state index contributed by atoms with van der Waals surface area (Å²) < 4.78 is 7.66. The Morgan fingerprint density at radius 2 is 2.07 bits per heavy atom. The average molecular weight is 615 g/mol. The van der Waals surface area contributed by atoms with Crippen LogP contribution >= 0.6 is 23.1 Å². The van der Waals surface area contributed by atoms with Gasteiger partial charge in [-0.25, -0.2) is 9.59 Å². The lowest BCUT2D eigenvalue weighted by atomic mass is 10.0. The van der Waals surface area contributed by atoms with E-state index in [0.29, 0.717) is 24.2 Å². The maximum Gasteiger partial charge on any atom is 0.352 e. The van der Waals surface area contributed by atoms with E-state index >= 15 is 0 Å². The molecular formula is C25H24N7O8S2+. The second-order valence-corrected chi connectivity index (χ2v) is 12.0. The number of thiophene rings is 1. The normalized spacial score (nSPS) is 21.7. The van der Waals surface area contributed by atoms with Gasteiger partial charge in [-0.15, -0.1) is 23.1 Å². The summed E-state index contributed by atoms with van der Waals surface area (Å²) in [6.07, 6.45) is 5.37. The zero-order chi connectivity index (χ0) is 29.6. The molecule has 5 heterocycles. The molecule has 17 heteroatoms. The molecule has 1 aliphatic carbocycles. The Hall–Kier alpha value is -4.51. The van der Waals surface area contributed by atoms with Crippen LogP contribution in [0.3, 0.4) is 0 Å². The first kappa shape index (κ1) is 27.6. The molecule has 2 aliphatic heterocycles. The van der Waals surface area contributed by atoms with E-state index < -0.39 is 46.5 Å². The summed E-state index contributed by atoms with van der Waals surface area (Å²) in [5, 5.41) is 32.0. The Morgan fingerprint density at radius 1 is 1.29 bits per heavy atom. The quantitative estimate of drug-likeness (QED) is 0.113. The van der Waals surface area contributed by atoms with Crippen LogP contribution in [-0.4, -0.2) is 77.5 Å². The zero-order valence-corrected chi connectivity index (χ0v) is 23.4. The van der Waals surface area contributed by atoms with Crippen molar-refractivity contribution in [2.24, 2.45) is 5.16 Å². The molecule has 15 nitrogen and oxygen atoms in total. The third-order valence-corrected chi connectivity index (χ3v) is 9.55. The van der Waals surface area contributed by atoms with Gasteiger partial charge in [0, 0.05) is 35.6 Å². The topological polar surface area (TPSA) is 214 Å². The highest BCUT2D eigenvalue weighted by Gasteiger charge is 2.55. The van der Waals surface area contributed by atoms with Crippen molar-refractivity contribution in [1.29, 1.82) is 0 Å². The van der Waals surface area contributed by atoms with E-state index in [0.717, 1.165) is 10.1 Å². The van der Waals surface area contributed by atoms with Gasteiger partial charge in [-0.05, 0) is 24.3 Å². The van der Waals surface area contributed by atoms with Gasteiger partial charge in [0.25, 0.3) is 11.8 Å². The van der Waals surface area contributed by atoms with Crippen molar-refractivity contribution in [3.05, 3.63) is 47.0 Å². The highest BCUT2D eigenvalue weighted by Crippen LogP contribution is 2.40. The first-order chi connectivity index (χ1) is 20.2. The highest BCUT2D eigenvalue weighted by molar-refractivity contribution is 8.00. The second kappa shape index (κ2) is 10.7. The Kier molecular flexibility index (Phi) is 7.05. The lowest BCUT2D eigenvalue weighted by Gasteiger charge is -2.49. The number of rotatable bonds is 9. The van der Waals surface area contributed by atoms with Crippen molar-refractivity contribution in [1.82, 2.24) is 20.4 Å². The largest absolute Gasteiger partial charge is 0.478 e. The fourth-order valence-electron chi connectivity index (χ4n) is 5.21. The molecule has 2 fully saturated rings. The fraction of sp³-hybridized carbons (Fsp3) is 0.360. The Morgan fingerprint density at radius 3 is 2.76 bits per heavy atom. The Balaban J connectivity index is 1.22. The van der Waals surface area contributed by atoms with E-state index in [2.05, 4.69) is 20.6 Å². The standard InChI is InChI=1S/C25H23N7O8S2/c26-24-28-18(30-39-24)15(29-40-25(23(37)38)5-1-2-6-25)19(33)27-16-20(34)32-17(22(35)36)13(11-42-21(16)32)9-31-7-3-12-4-8-41-14(12)10-31/h3-4,7-8,10,16,21H,1-2,5-6,9,11H2,(H4-,26,27,28,30,33,35,36,37,38)/p+1/t16?,21-/m0/s1. The van der Waals surface area contributed by atoms with Gasteiger partial charge in [-0.2, -0.15) is 9.55 Å². The van der Waals surface area contributed by atoms with Gasteiger partial charge in [0.2, 0.25) is 17.1 Å². The molecule has 3 aromatic rings. The number of nitrogens with two attached hydrogens (primary N) is 1. The summed E-state index contributed by atoms with van der Waals surface area (Å²) in [7, 11) is 0. The van der Waals surface area contributed by atoms with E-state index in [-0.39, 0.29) is 36.9 Å². The number of thioether (sulfide) groups is 1. The average Bonchev–Trinajstić information content (AvgIpc) is 3.73. The smallest absolute Gasteiger partial charge is 0.352 e. The molecule has 1 saturated carbocycles. The van der Waals surface area contributed by atoms with Gasteiger partial charge < -0.3 is 30.6 Å². The number of fused-ring (bicyclic) bond motifs is 2. The van der Waals surface area contributed by atoms with Crippen molar-refractivity contribution >= 4 is 68.7 Å².